The van der Waals surface area contributed by atoms with Gasteiger partial charge in [-0.25, -0.2) is 5.43 Å². The molecule has 8 nitrogen and oxygen atoms in total. The van der Waals surface area contributed by atoms with Crippen LogP contribution >= 0.6 is 23.4 Å². The van der Waals surface area contributed by atoms with Crippen LogP contribution < -0.4 is 10.3 Å². The molecule has 1 aliphatic rings. The fourth-order valence-corrected chi connectivity index (χ4v) is 3.85. The lowest BCUT2D eigenvalue weighted by Gasteiger charge is -2.29. The molecule has 0 atom stereocenters. The van der Waals surface area contributed by atoms with Crippen molar-refractivity contribution in [2.24, 2.45) is 5.10 Å². The molecule has 1 N–H and O–H groups in total. The summed E-state index contributed by atoms with van der Waals surface area (Å²) in [5.41, 5.74) is 3.85. The number of halogens is 1. The Labute approximate surface area is 183 Å². The van der Waals surface area contributed by atoms with Crippen LogP contribution in [-0.2, 0) is 9.53 Å². The van der Waals surface area contributed by atoms with Crippen molar-refractivity contribution in [2.45, 2.75) is 11.3 Å². The van der Waals surface area contributed by atoms with Crippen LogP contribution in [0.25, 0.3) is 0 Å². The van der Waals surface area contributed by atoms with Gasteiger partial charge in [0.05, 0.1) is 24.4 Å². The standard InChI is InChI=1S/C20H21ClN4O4S/c21-16-1-4-18(5-2-16)30-12-7-20(26)23-22-14-15-13-17(25(27)28)3-6-19(15)24-8-10-29-11-9-24/h1-6,13-14H,7-12H2,(H,23,26)/b22-14+. The highest BCUT2D eigenvalue weighted by molar-refractivity contribution is 7.99. The van der Waals surface area contributed by atoms with E-state index in [1.165, 1.54) is 18.3 Å². The molecule has 0 spiro atoms. The van der Waals surface area contributed by atoms with Crippen LogP contribution in [0.1, 0.15) is 12.0 Å². The molecule has 10 heteroatoms. The minimum Gasteiger partial charge on any atom is -0.378 e. The number of hydrazone groups is 1. The minimum atomic E-state index is -0.451. The first-order chi connectivity index (χ1) is 14.5. The summed E-state index contributed by atoms with van der Waals surface area (Å²) < 4.78 is 5.36. The summed E-state index contributed by atoms with van der Waals surface area (Å²) >= 11 is 7.40. The molecule has 0 bridgehead atoms. The van der Waals surface area contributed by atoms with E-state index < -0.39 is 4.92 Å². The van der Waals surface area contributed by atoms with E-state index in [-0.39, 0.29) is 18.0 Å². The maximum Gasteiger partial charge on any atom is 0.270 e. The van der Waals surface area contributed by atoms with Gasteiger partial charge < -0.3 is 9.64 Å². The molecule has 1 fully saturated rings. The van der Waals surface area contributed by atoms with Crippen molar-refractivity contribution < 1.29 is 14.5 Å². The van der Waals surface area contributed by atoms with Gasteiger partial charge in [0.1, 0.15) is 0 Å². The van der Waals surface area contributed by atoms with Crippen LogP contribution in [0.2, 0.25) is 5.02 Å². The highest BCUT2D eigenvalue weighted by atomic mass is 35.5. The van der Waals surface area contributed by atoms with Gasteiger partial charge in [-0.2, -0.15) is 5.10 Å². The normalized spacial score (nSPS) is 14.1. The summed E-state index contributed by atoms with van der Waals surface area (Å²) in [5, 5.41) is 15.8. The first-order valence-corrected chi connectivity index (χ1v) is 10.7. The van der Waals surface area contributed by atoms with Gasteiger partial charge in [0.25, 0.3) is 5.69 Å². The summed E-state index contributed by atoms with van der Waals surface area (Å²) in [4.78, 5) is 25.8. The number of nitro groups is 1. The maximum atomic E-state index is 12.0. The van der Waals surface area contributed by atoms with Gasteiger partial charge in [0.15, 0.2) is 0 Å². The van der Waals surface area contributed by atoms with E-state index in [2.05, 4.69) is 15.4 Å². The average Bonchev–Trinajstić information content (AvgIpc) is 2.75. The molecule has 1 saturated heterocycles. The summed E-state index contributed by atoms with van der Waals surface area (Å²) in [6, 6.07) is 12.0. The van der Waals surface area contributed by atoms with Gasteiger partial charge >= 0.3 is 0 Å². The van der Waals surface area contributed by atoms with Crippen LogP contribution in [0.4, 0.5) is 11.4 Å². The molecule has 2 aromatic rings. The summed E-state index contributed by atoms with van der Waals surface area (Å²) in [7, 11) is 0. The van der Waals surface area contributed by atoms with Crippen molar-refractivity contribution in [1.29, 1.82) is 0 Å². The maximum absolute atomic E-state index is 12.0. The third-order valence-corrected chi connectivity index (χ3v) is 5.64. The number of nitrogens with zero attached hydrogens (tertiary/aromatic N) is 3. The molecule has 0 unspecified atom stereocenters. The summed E-state index contributed by atoms with van der Waals surface area (Å²) in [6.07, 6.45) is 1.73. The quantitative estimate of drug-likeness (QED) is 0.286. The zero-order chi connectivity index (χ0) is 21.3. The lowest BCUT2D eigenvalue weighted by atomic mass is 10.1. The van der Waals surface area contributed by atoms with Crippen LogP contribution in [0.3, 0.4) is 0 Å². The van der Waals surface area contributed by atoms with E-state index in [0.29, 0.717) is 42.6 Å². The summed E-state index contributed by atoms with van der Waals surface area (Å²) in [6.45, 7) is 2.56. The fraction of sp³-hybridized carbons (Fsp3) is 0.300. The molecule has 1 amide bonds. The number of benzene rings is 2. The van der Waals surface area contributed by atoms with Crippen LogP contribution in [-0.4, -0.2) is 49.1 Å². The Bertz CT molecular complexity index is 918. The molecule has 1 aliphatic heterocycles. The highest BCUT2D eigenvalue weighted by Gasteiger charge is 2.17. The molecule has 0 saturated carbocycles. The van der Waals surface area contributed by atoms with E-state index >= 15 is 0 Å². The summed E-state index contributed by atoms with van der Waals surface area (Å²) in [5.74, 6) is 0.366. The zero-order valence-electron chi connectivity index (χ0n) is 16.1. The lowest BCUT2D eigenvalue weighted by Crippen LogP contribution is -2.36. The second-order valence-corrected chi connectivity index (χ2v) is 8.05. The molecular weight excluding hydrogens is 428 g/mol. The van der Waals surface area contributed by atoms with E-state index in [0.717, 1.165) is 10.6 Å². The number of hydrogen-bond donors (Lipinski definition) is 1. The predicted octanol–water partition coefficient (Wildman–Crippen LogP) is 3.72. The van der Waals surface area contributed by atoms with Gasteiger partial charge in [-0.05, 0) is 30.3 Å². The van der Waals surface area contributed by atoms with Crippen molar-refractivity contribution >= 4 is 46.9 Å². The van der Waals surface area contributed by atoms with Gasteiger partial charge in [0.2, 0.25) is 5.91 Å². The Kier molecular flexibility index (Phi) is 8.06. The lowest BCUT2D eigenvalue weighted by molar-refractivity contribution is -0.384. The second-order valence-electron chi connectivity index (χ2n) is 6.45. The fourth-order valence-electron chi connectivity index (χ4n) is 2.87. The monoisotopic (exact) mass is 448 g/mol. The Hall–Kier alpha value is -2.62. The van der Waals surface area contributed by atoms with Crippen molar-refractivity contribution in [3.05, 3.63) is 63.2 Å². The smallest absolute Gasteiger partial charge is 0.270 e. The van der Waals surface area contributed by atoms with Crippen LogP contribution in [0, 0.1) is 10.1 Å². The molecule has 1 heterocycles. The topological polar surface area (TPSA) is 97.1 Å². The number of morpholine rings is 1. The number of ether oxygens (including phenoxy) is 1. The van der Waals surface area contributed by atoms with E-state index in [1.54, 1.807) is 30.0 Å². The first kappa shape index (κ1) is 22.1. The Balaban J connectivity index is 1.58. The number of thioether (sulfide) groups is 1. The number of carbonyl (C=O) groups excluding carboxylic acids is 1. The average molecular weight is 449 g/mol. The second kappa shape index (κ2) is 11.0. The number of carbonyl (C=O) groups is 1. The molecule has 30 heavy (non-hydrogen) atoms. The van der Waals surface area contributed by atoms with Crippen molar-refractivity contribution in [3.63, 3.8) is 0 Å². The number of rotatable bonds is 8. The third kappa shape index (κ3) is 6.45. The molecule has 0 aromatic heterocycles. The molecular formula is C20H21ClN4O4S. The zero-order valence-corrected chi connectivity index (χ0v) is 17.7. The van der Waals surface area contributed by atoms with E-state index in [4.69, 9.17) is 16.3 Å². The van der Waals surface area contributed by atoms with E-state index in [1.807, 2.05) is 12.1 Å². The van der Waals surface area contributed by atoms with E-state index in [9.17, 15) is 14.9 Å². The number of non-ortho nitro benzene ring substituents is 1. The van der Waals surface area contributed by atoms with Crippen LogP contribution in [0.5, 0.6) is 0 Å². The Morgan fingerprint density at radius 3 is 2.70 bits per heavy atom. The molecule has 0 aliphatic carbocycles. The van der Waals surface area contributed by atoms with Gasteiger partial charge in [-0.1, -0.05) is 11.6 Å². The predicted molar refractivity (Wildman–Crippen MR) is 119 cm³/mol. The first-order valence-electron chi connectivity index (χ1n) is 9.34. The van der Waals surface area contributed by atoms with Crippen molar-refractivity contribution in [3.8, 4) is 0 Å². The van der Waals surface area contributed by atoms with Crippen molar-refractivity contribution in [1.82, 2.24) is 5.43 Å². The molecule has 158 valence electrons. The number of amides is 1. The number of anilines is 1. The molecule has 0 radical (unpaired) electrons. The largest absolute Gasteiger partial charge is 0.378 e. The third-order valence-electron chi connectivity index (χ3n) is 4.38. The SMILES string of the molecule is O=C(CCSc1ccc(Cl)cc1)N/N=C/c1cc([N+](=O)[O-])ccc1N1CCOCC1. The molecule has 3 rings (SSSR count). The number of nitro benzene ring substituents is 1. The van der Waals surface area contributed by atoms with Gasteiger partial charge in [0, 0.05) is 58.6 Å². The van der Waals surface area contributed by atoms with Crippen molar-refractivity contribution in [2.75, 3.05) is 37.0 Å². The van der Waals surface area contributed by atoms with Crippen LogP contribution in [0.15, 0.2) is 52.5 Å². The Morgan fingerprint density at radius 1 is 1.27 bits per heavy atom. The number of nitrogens with one attached hydrogen (secondary N) is 1. The minimum absolute atomic E-state index is 0.0286. The Morgan fingerprint density at radius 2 is 2.00 bits per heavy atom. The van der Waals surface area contributed by atoms with Gasteiger partial charge in [-0.3, -0.25) is 14.9 Å². The number of hydrogen-bond acceptors (Lipinski definition) is 7. The van der Waals surface area contributed by atoms with Gasteiger partial charge in [-0.15, -0.1) is 11.8 Å². The molecule has 2 aromatic carbocycles. The highest BCUT2D eigenvalue weighted by Crippen LogP contribution is 2.25.